The first-order valence-electron chi connectivity index (χ1n) is 9.84. The Morgan fingerprint density at radius 3 is 2.77 bits per heavy atom. The minimum Gasteiger partial charge on any atom is -0.394 e. The summed E-state index contributed by atoms with van der Waals surface area (Å²) in [7, 11) is 0. The van der Waals surface area contributed by atoms with Gasteiger partial charge in [0.15, 0.2) is 0 Å². The van der Waals surface area contributed by atoms with Crippen LogP contribution in [0, 0.1) is 11.7 Å². The van der Waals surface area contributed by atoms with E-state index in [9.17, 15) is 14.3 Å². The molecule has 1 aliphatic carbocycles. The maximum atomic E-state index is 13.8. The second-order valence-corrected chi connectivity index (χ2v) is 7.98. The maximum Gasteiger partial charge on any atom is 0.251 e. The maximum absolute atomic E-state index is 13.8. The average molecular weight is 429 g/mol. The van der Waals surface area contributed by atoms with Crippen LogP contribution in [0.4, 0.5) is 10.3 Å². The van der Waals surface area contributed by atoms with Crippen molar-refractivity contribution in [1.29, 1.82) is 0 Å². The van der Waals surface area contributed by atoms with Crippen LogP contribution >= 0.6 is 11.6 Å². The van der Waals surface area contributed by atoms with E-state index in [4.69, 9.17) is 11.6 Å². The van der Waals surface area contributed by atoms with Crippen LogP contribution < -0.4 is 10.9 Å². The molecule has 0 saturated heterocycles. The van der Waals surface area contributed by atoms with Crippen molar-refractivity contribution in [3.05, 3.63) is 75.5 Å². The van der Waals surface area contributed by atoms with E-state index in [1.807, 2.05) is 0 Å². The van der Waals surface area contributed by atoms with Crippen LogP contribution in [0.15, 0.2) is 53.6 Å². The Labute approximate surface area is 178 Å². The second-order valence-electron chi connectivity index (χ2n) is 7.57. The van der Waals surface area contributed by atoms with Crippen LogP contribution in [0.2, 0.25) is 5.02 Å². The van der Waals surface area contributed by atoms with Gasteiger partial charge < -0.3 is 15.0 Å². The van der Waals surface area contributed by atoms with Crippen LogP contribution in [0.1, 0.15) is 31.4 Å². The third-order valence-electron chi connectivity index (χ3n) is 5.42. The molecule has 2 N–H and O–H groups in total. The van der Waals surface area contributed by atoms with Gasteiger partial charge in [-0.15, -0.1) is 0 Å². The zero-order valence-corrected chi connectivity index (χ0v) is 17.2. The second kappa shape index (κ2) is 8.53. The van der Waals surface area contributed by atoms with Gasteiger partial charge in [0.05, 0.1) is 23.4 Å². The molecule has 0 radical (unpaired) electrons. The van der Waals surface area contributed by atoms with E-state index < -0.39 is 11.9 Å². The fraction of sp³-hybridized carbons (Fsp3) is 0.318. The minimum atomic E-state index is -0.722. The first kappa shape index (κ1) is 20.5. The Morgan fingerprint density at radius 1 is 1.30 bits per heavy atom. The van der Waals surface area contributed by atoms with Crippen molar-refractivity contribution in [3.63, 3.8) is 0 Å². The molecule has 1 aromatic carbocycles. The van der Waals surface area contributed by atoms with Crippen molar-refractivity contribution < 1.29 is 9.50 Å². The Morgan fingerprint density at radius 2 is 2.10 bits per heavy atom. The molecule has 2 atom stereocenters. The number of halogens is 2. The Hall–Kier alpha value is -2.77. The van der Waals surface area contributed by atoms with E-state index in [1.54, 1.807) is 30.6 Å². The largest absolute Gasteiger partial charge is 0.394 e. The number of anilines is 1. The summed E-state index contributed by atoms with van der Waals surface area (Å²) in [5.74, 6) is 0.592. The Balaban J connectivity index is 1.61. The number of nitrogens with one attached hydrogen (secondary N) is 1. The fourth-order valence-electron chi connectivity index (χ4n) is 3.49. The van der Waals surface area contributed by atoms with E-state index in [0.29, 0.717) is 34.7 Å². The monoisotopic (exact) mass is 428 g/mol. The van der Waals surface area contributed by atoms with Gasteiger partial charge in [-0.3, -0.25) is 4.79 Å². The van der Waals surface area contributed by atoms with E-state index in [1.165, 1.54) is 35.6 Å². The first-order valence-corrected chi connectivity index (χ1v) is 10.2. The summed E-state index contributed by atoms with van der Waals surface area (Å²) in [4.78, 5) is 21.6. The van der Waals surface area contributed by atoms with Gasteiger partial charge in [-0.1, -0.05) is 17.7 Å². The molecule has 0 aliphatic heterocycles. The number of aromatic nitrogens is 3. The van der Waals surface area contributed by atoms with Crippen LogP contribution in [-0.4, -0.2) is 32.3 Å². The molecule has 1 aliphatic rings. The highest BCUT2D eigenvalue weighted by molar-refractivity contribution is 6.30. The smallest absolute Gasteiger partial charge is 0.251 e. The van der Waals surface area contributed by atoms with E-state index in [0.717, 1.165) is 0 Å². The SMILES string of the molecule is C[C@@H](Nc1nccc(-c2ccn([C@@H](CO)c3ccc(Cl)c(F)c3)c(=O)c2)n1)C1CC1. The number of aliphatic hydroxyl groups excluding tert-OH is 1. The number of aliphatic hydroxyl groups is 1. The molecule has 3 aromatic rings. The zero-order chi connectivity index (χ0) is 21.3. The van der Waals surface area contributed by atoms with E-state index in [2.05, 4.69) is 22.2 Å². The standard InChI is InChI=1S/C22H22ClFN4O2/c1-13(14-2-3-14)26-22-25-8-6-19(27-22)15-7-9-28(21(30)11-15)20(12-29)16-4-5-17(23)18(24)10-16/h4-11,13-14,20,29H,2-3,12H2,1H3,(H,25,26,27)/t13-,20+/m1/s1. The van der Waals surface area contributed by atoms with Crippen LogP contribution in [0.25, 0.3) is 11.3 Å². The molecule has 2 aromatic heterocycles. The highest BCUT2D eigenvalue weighted by atomic mass is 35.5. The van der Waals surface area contributed by atoms with Crippen LogP contribution in [0.5, 0.6) is 0 Å². The molecule has 8 heteroatoms. The van der Waals surface area contributed by atoms with Gasteiger partial charge in [0.1, 0.15) is 5.82 Å². The Kier molecular flexibility index (Phi) is 5.83. The van der Waals surface area contributed by atoms with Gasteiger partial charge in [-0.25, -0.2) is 14.4 Å². The molecule has 4 rings (SSSR count). The molecule has 0 amide bonds. The lowest BCUT2D eigenvalue weighted by Gasteiger charge is -2.19. The number of rotatable bonds is 7. The third-order valence-corrected chi connectivity index (χ3v) is 5.73. The molecule has 0 unspecified atom stereocenters. The van der Waals surface area contributed by atoms with Crippen LogP contribution in [-0.2, 0) is 0 Å². The van der Waals surface area contributed by atoms with Gasteiger partial charge in [0.2, 0.25) is 5.95 Å². The zero-order valence-electron chi connectivity index (χ0n) is 16.4. The molecule has 0 bridgehead atoms. The van der Waals surface area contributed by atoms with Gasteiger partial charge in [0.25, 0.3) is 5.56 Å². The Bertz CT molecular complexity index is 1120. The number of hydrogen-bond acceptors (Lipinski definition) is 5. The summed E-state index contributed by atoms with van der Waals surface area (Å²) in [6, 6.07) is 8.75. The summed E-state index contributed by atoms with van der Waals surface area (Å²) in [5, 5.41) is 13.1. The molecule has 1 saturated carbocycles. The molecule has 2 heterocycles. The van der Waals surface area contributed by atoms with Gasteiger partial charge in [-0.05, 0) is 55.5 Å². The highest BCUT2D eigenvalue weighted by Gasteiger charge is 2.28. The molecule has 6 nitrogen and oxygen atoms in total. The third kappa shape index (κ3) is 4.37. The number of nitrogens with zero attached hydrogens (tertiary/aromatic N) is 3. The molecule has 0 spiro atoms. The van der Waals surface area contributed by atoms with Crippen molar-refractivity contribution >= 4 is 17.5 Å². The van der Waals surface area contributed by atoms with Crippen molar-refractivity contribution in [2.45, 2.75) is 31.8 Å². The molecule has 156 valence electrons. The minimum absolute atomic E-state index is 0.0117. The van der Waals surface area contributed by atoms with Crippen molar-refractivity contribution in [3.8, 4) is 11.3 Å². The number of hydrogen-bond donors (Lipinski definition) is 2. The quantitative estimate of drug-likeness (QED) is 0.596. The van der Waals surface area contributed by atoms with E-state index in [-0.39, 0.29) is 17.2 Å². The molecular weight excluding hydrogens is 407 g/mol. The van der Waals surface area contributed by atoms with Gasteiger partial charge >= 0.3 is 0 Å². The van der Waals surface area contributed by atoms with Crippen molar-refractivity contribution in [2.24, 2.45) is 5.92 Å². The van der Waals surface area contributed by atoms with Crippen molar-refractivity contribution in [1.82, 2.24) is 14.5 Å². The number of pyridine rings is 1. The topological polar surface area (TPSA) is 80.0 Å². The summed E-state index contributed by atoms with van der Waals surface area (Å²) in [6.07, 6.45) is 5.67. The fourth-order valence-corrected chi connectivity index (χ4v) is 3.60. The first-order chi connectivity index (χ1) is 14.5. The molecule has 30 heavy (non-hydrogen) atoms. The predicted molar refractivity (Wildman–Crippen MR) is 114 cm³/mol. The lowest BCUT2D eigenvalue weighted by molar-refractivity contribution is 0.247. The highest BCUT2D eigenvalue weighted by Crippen LogP contribution is 2.33. The summed E-state index contributed by atoms with van der Waals surface area (Å²) < 4.78 is 15.2. The van der Waals surface area contributed by atoms with Gasteiger partial charge in [-0.2, -0.15) is 0 Å². The molecule has 1 fully saturated rings. The van der Waals surface area contributed by atoms with Crippen LogP contribution in [0.3, 0.4) is 0 Å². The number of benzene rings is 1. The lowest BCUT2D eigenvalue weighted by Crippen LogP contribution is -2.27. The molecular formula is C22H22ClFN4O2. The van der Waals surface area contributed by atoms with Gasteiger partial charge in [0, 0.05) is 30.1 Å². The van der Waals surface area contributed by atoms with Crippen molar-refractivity contribution in [2.75, 3.05) is 11.9 Å². The average Bonchev–Trinajstić information content (AvgIpc) is 3.58. The predicted octanol–water partition coefficient (Wildman–Crippen LogP) is 3.89. The van der Waals surface area contributed by atoms with E-state index >= 15 is 0 Å². The normalized spacial score (nSPS) is 15.6. The summed E-state index contributed by atoms with van der Waals surface area (Å²) in [6.45, 7) is 1.75. The summed E-state index contributed by atoms with van der Waals surface area (Å²) >= 11 is 5.74. The summed E-state index contributed by atoms with van der Waals surface area (Å²) in [5.41, 5.74) is 1.38. The lowest BCUT2D eigenvalue weighted by atomic mass is 10.1.